The van der Waals surface area contributed by atoms with Crippen LogP contribution in [-0.4, -0.2) is 37.4 Å². The van der Waals surface area contributed by atoms with Crippen LogP contribution in [0, 0.1) is 6.92 Å². The van der Waals surface area contributed by atoms with E-state index in [1.165, 1.54) is 6.07 Å². The lowest BCUT2D eigenvalue weighted by molar-refractivity contribution is -0.0505. The van der Waals surface area contributed by atoms with Crippen LogP contribution < -0.4 is 24.8 Å². The molecule has 0 amide bonds. The molecular weight excluding hydrogens is 414 g/mol. The van der Waals surface area contributed by atoms with E-state index < -0.39 is 6.61 Å². The average Bonchev–Trinajstić information content (AvgIpc) is 3.33. The van der Waals surface area contributed by atoms with Crippen molar-refractivity contribution in [2.24, 2.45) is 4.99 Å². The second-order valence-corrected chi connectivity index (χ2v) is 7.60. The van der Waals surface area contributed by atoms with Crippen LogP contribution in [0.5, 0.6) is 17.2 Å². The Labute approximate surface area is 178 Å². The van der Waals surface area contributed by atoms with E-state index in [4.69, 9.17) is 9.47 Å². The molecule has 0 bridgehead atoms. The number of hydrogen-bond donors (Lipinski definition) is 2. The summed E-state index contributed by atoms with van der Waals surface area (Å²) in [7, 11) is 0. The third kappa shape index (κ3) is 6.45. The van der Waals surface area contributed by atoms with Crippen molar-refractivity contribution < 1.29 is 23.0 Å². The number of hydrogen-bond acceptors (Lipinski definition) is 6. The van der Waals surface area contributed by atoms with E-state index in [0.29, 0.717) is 29.6 Å². The van der Waals surface area contributed by atoms with Crippen LogP contribution in [0.2, 0.25) is 0 Å². The minimum atomic E-state index is -2.93. The van der Waals surface area contributed by atoms with Crippen molar-refractivity contribution in [3.05, 3.63) is 33.8 Å². The van der Waals surface area contributed by atoms with Crippen molar-refractivity contribution in [3.8, 4) is 17.2 Å². The molecular formula is C20H26F2N4O3S. The molecule has 1 aliphatic rings. The van der Waals surface area contributed by atoms with Crippen LogP contribution >= 0.6 is 11.3 Å². The number of thiazole rings is 1. The highest BCUT2D eigenvalue weighted by atomic mass is 32.1. The predicted molar refractivity (Wildman–Crippen MR) is 112 cm³/mol. The van der Waals surface area contributed by atoms with E-state index in [2.05, 4.69) is 30.7 Å². The molecule has 164 valence electrons. The van der Waals surface area contributed by atoms with Gasteiger partial charge in [-0.25, -0.2) is 9.98 Å². The second-order valence-electron chi connectivity index (χ2n) is 6.65. The van der Waals surface area contributed by atoms with Crippen molar-refractivity contribution in [1.82, 2.24) is 15.6 Å². The molecule has 1 aromatic carbocycles. The predicted octanol–water partition coefficient (Wildman–Crippen LogP) is 3.86. The summed E-state index contributed by atoms with van der Waals surface area (Å²) in [6.07, 6.45) is 2.94. The molecule has 0 fully saturated rings. The third-order valence-corrected chi connectivity index (χ3v) is 5.33. The number of rotatable bonds is 10. The number of alkyl halides is 2. The van der Waals surface area contributed by atoms with E-state index in [1.54, 1.807) is 17.4 Å². The fourth-order valence-electron chi connectivity index (χ4n) is 2.93. The topological polar surface area (TPSA) is 77.0 Å². The Kier molecular flexibility index (Phi) is 8.06. The normalized spacial score (nSPS) is 13.0. The van der Waals surface area contributed by atoms with E-state index >= 15 is 0 Å². The monoisotopic (exact) mass is 440 g/mol. The van der Waals surface area contributed by atoms with Crippen LogP contribution in [0.4, 0.5) is 8.78 Å². The van der Waals surface area contributed by atoms with Crippen LogP contribution in [0.3, 0.4) is 0 Å². The van der Waals surface area contributed by atoms with Crippen molar-refractivity contribution in [3.63, 3.8) is 0 Å². The van der Waals surface area contributed by atoms with Gasteiger partial charge in [0, 0.05) is 35.8 Å². The van der Waals surface area contributed by atoms with Gasteiger partial charge < -0.3 is 24.8 Å². The largest absolute Gasteiger partial charge is 0.454 e. The molecule has 2 N–H and O–H groups in total. The van der Waals surface area contributed by atoms with E-state index in [9.17, 15) is 8.78 Å². The first-order valence-corrected chi connectivity index (χ1v) is 10.7. The first-order chi connectivity index (χ1) is 14.5. The first kappa shape index (κ1) is 22.1. The molecule has 3 rings (SSSR count). The maximum Gasteiger partial charge on any atom is 0.387 e. The first-order valence-electron chi connectivity index (χ1n) is 9.85. The number of fused-ring (bicyclic) bond motifs is 1. The molecule has 1 aromatic heterocycles. The Bertz CT molecular complexity index is 861. The zero-order valence-electron chi connectivity index (χ0n) is 17.0. The fraction of sp³-hybridized carbons (Fsp3) is 0.500. The number of halogens is 2. The van der Waals surface area contributed by atoms with Crippen LogP contribution in [0.25, 0.3) is 0 Å². The molecule has 0 aliphatic carbocycles. The van der Waals surface area contributed by atoms with Crippen molar-refractivity contribution in [1.29, 1.82) is 0 Å². The van der Waals surface area contributed by atoms with E-state index in [-0.39, 0.29) is 19.1 Å². The smallest absolute Gasteiger partial charge is 0.387 e. The highest BCUT2D eigenvalue weighted by molar-refractivity contribution is 7.09. The Morgan fingerprint density at radius 1 is 1.27 bits per heavy atom. The number of guanidine groups is 1. The van der Waals surface area contributed by atoms with Gasteiger partial charge in [-0.15, -0.1) is 11.3 Å². The summed E-state index contributed by atoms with van der Waals surface area (Å²) in [6.45, 7) is 2.68. The summed E-state index contributed by atoms with van der Waals surface area (Å²) in [5.74, 6) is 1.53. The molecule has 30 heavy (non-hydrogen) atoms. The number of unbranched alkanes of at least 4 members (excludes halogenated alkanes) is 1. The molecule has 0 saturated carbocycles. The summed E-state index contributed by atoms with van der Waals surface area (Å²) < 4.78 is 40.8. The highest BCUT2D eigenvalue weighted by Crippen LogP contribution is 2.39. The van der Waals surface area contributed by atoms with E-state index in [0.717, 1.165) is 36.5 Å². The van der Waals surface area contributed by atoms with Crippen LogP contribution in [0.1, 0.15) is 36.0 Å². The van der Waals surface area contributed by atoms with Gasteiger partial charge in [0.15, 0.2) is 17.5 Å². The summed E-state index contributed by atoms with van der Waals surface area (Å²) in [5, 5.41) is 9.65. The van der Waals surface area contributed by atoms with Gasteiger partial charge in [0.05, 0.1) is 11.6 Å². The van der Waals surface area contributed by atoms with Gasteiger partial charge in [-0.1, -0.05) is 0 Å². The number of nitrogens with zero attached hydrogens (tertiary/aromatic N) is 2. The Morgan fingerprint density at radius 3 is 2.77 bits per heavy atom. The molecule has 2 heterocycles. The maximum atomic E-state index is 12.8. The summed E-state index contributed by atoms with van der Waals surface area (Å²) in [4.78, 5) is 8.97. The second kappa shape index (κ2) is 11.0. The lowest BCUT2D eigenvalue weighted by Crippen LogP contribution is -2.37. The van der Waals surface area contributed by atoms with Gasteiger partial charge in [0.1, 0.15) is 5.75 Å². The number of nitrogens with one attached hydrogen (secondary N) is 2. The van der Waals surface area contributed by atoms with Gasteiger partial charge in [0.25, 0.3) is 0 Å². The summed E-state index contributed by atoms with van der Waals surface area (Å²) in [5.41, 5.74) is 1.56. The molecule has 0 atom stereocenters. The van der Waals surface area contributed by atoms with Gasteiger partial charge >= 0.3 is 6.61 Å². The lowest BCUT2D eigenvalue weighted by atomic mass is 10.1. The summed E-state index contributed by atoms with van der Waals surface area (Å²) in [6, 6.07) is 3.04. The molecule has 0 unspecified atom stereocenters. The maximum absolute atomic E-state index is 12.8. The minimum Gasteiger partial charge on any atom is -0.454 e. The summed E-state index contributed by atoms with van der Waals surface area (Å²) >= 11 is 1.69. The van der Waals surface area contributed by atoms with Crippen molar-refractivity contribution in [2.75, 3.05) is 19.9 Å². The van der Waals surface area contributed by atoms with Gasteiger partial charge in [-0.2, -0.15) is 8.78 Å². The zero-order chi connectivity index (χ0) is 21.3. The Morgan fingerprint density at radius 2 is 2.07 bits per heavy atom. The molecule has 10 heteroatoms. The molecule has 0 spiro atoms. The Hall–Kier alpha value is -2.62. The van der Waals surface area contributed by atoms with E-state index in [1.807, 2.05) is 13.8 Å². The Balaban J connectivity index is 1.55. The number of ether oxygens (including phenoxy) is 3. The van der Waals surface area contributed by atoms with Gasteiger partial charge in [0.2, 0.25) is 6.79 Å². The fourth-order valence-corrected chi connectivity index (χ4v) is 3.74. The van der Waals surface area contributed by atoms with Gasteiger partial charge in [-0.05, 0) is 39.2 Å². The number of benzene rings is 1. The highest BCUT2D eigenvalue weighted by Gasteiger charge is 2.20. The average molecular weight is 441 g/mol. The molecule has 2 aromatic rings. The lowest BCUT2D eigenvalue weighted by Gasteiger charge is -2.13. The number of aliphatic imine (C=N–C) groups is 1. The quantitative estimate of drug-likeness (QED) is 0.332. The number of aromatic nitrogens is 1. The van der Waals surface area contributed by atoms with Crippen molar-refractivity contribution >= 4 is 17.3 Å². The van der Waals surface area contributed by atoms with Crippen molar-refractivity contribution in [2.45, 2.75) is 46.3 Å². The zero-order valence-corrected chi connectivity index (χ0v) is 17.9. The standard InChI is InChI=1S/C20H26F2N4O3S/c1-3-23-20(24-7-5-4-6-18-26-13(2)11-30-18)25-10-14-8-16-17(28-12-27-16)9-15(14)29-19(21)22/h8-9,11,19H,3-7,10,12H2,1-2H3,(H2,23,24,25). The van der Waals surface area contributed by atoms with Crippen LogP contribution in [-0.2, 0) is 13.0 Å². The molecule has 0 saturated heterocycles. The minimum absolute atomic E-state index is 0.0348. The third-order valence-electron chi connectivity index (χ3n) is 4.30. The van der Waals surface area contributed by atoms with Crippen LogP contribution in [0.15, 0.2) is 22.5 Å². The SMILES string of the molecule is CCNC(=NCc1cc2c(cc1OC(F)F)OCO2)NCCCCc1nc(C)cs1. The molecule has 1 aliphatic heterocycles. The number of aryl methyl sites for hydroxylation is 2. The molecule has 0 radical (unpaired) electrons. The molecule has 7 nitrogen and oxygen atoms in total. The van der Waals surface area contributed by atoms with Gasteiger partial charge in [-0.3, -0.25) is 0 Å².